The van der Waals surface area contributed by atoms with Crippen molar-refractivity contribution < 1.29 is 0 Å². The van der Waals surface area contributed by atoms with Gasteiger partial charge in [-0.25, -0.2) is 0 Å². The quantitative estimate of drug-likeness (QED) is 0.539. The van der Waals surface area contributed by atoms with Crippen LogP contribution in [0.4, 0.5) is 0 Å². The van der Waals surface area contributed by atoms with Gasteiger partial charge in [-0.15, -0.1) is 0 Å². The predicted octanol–water partition coefficient (Wildman–Crippen LogP) is 4.21. The second-order valence-corrected chi connectivity index (χ2v) is 4.53. The van der Waals surface area contributed by atoms with Crippen molar-refractivity contribution in [2.75, 3.05) is 0 Å². The zero-order valence-corrected chi connectivity index (χ0v) is 9.22. The molecule has 14 heavy (non-hydrogen) atoms. The van der Waals surface area contributed by atoms with Crippen LogP contribution in [0.2, 0.25) is 0 Å². The summed E-state index contributed by atoms with van der Waals surface area (Å²) in [4.78, 5) is 0. The molecule has 0 heterocycles. The molecular weight excluding hydrogens is 168 g/mol. The average Bonchev–Trinajstić information content (AvgIpc) is 2.69. The minimum Gasteiger partial charge on any atom is -0.0519 e. The van der Waals surface area contributed by atoms with Crippen molar-refractivity contribution in [2.24, 2.45) is 5.92 Å². The second-order valence-electron chi connectivity index (χ2n) is 4.53. The van der Waals surface area contributed by atoms with Crippen molar-refractivity contribution in [1.29, 1.82) is 0 Å². The van der Waals surface area contributed by atoms with Gasteiger partial charge < -0.3 is 0 Å². The zero-order chi connectivity index (χ0) is 9.97. The van der Waals surface area contributed by atoms with Gasteiger partial charge >= 0.3 is 0 Å². The summed E-state index contributed by atoms with van der Waals surface area (Å²) in [5, 5.41) is 0. The van der Waals surface area contributed by atoms with Gasteiger partial charge in [0, 0.05) is 41.7 Å². The molecule has 0 heteroatoms. The van der Waals surface area contributed by atoms with Gasteiger partial charge in [0.25, 0.3) is 0 Å². The third-order valence-corrected chi connectivity index (χ3v) is 3.44. The molecule has 1 fully saturated rings. The smallest absolute Gasteiger partial charge is 0.0519 e. The summed E-state index contributed by atoms with van der Waals surface area (Å²) in [5.74, 6) is 0.858. The van der Waals surface area contributed by atoms with Crippen LogP contribution in [-0.2, 0) is 0 Å². The lowest BCUT2D eigenvalue weighted by Gasteiger charge is -2.09. The summed E-state index contributed by atoms with van der Waals surface area (Å²) >= 11 is 0. The van der Waals surface area contributed by atoms with E-state index >= 15 is 0 Å². The first kappa shape index (κ1) is 9.64. The lowest BCUT2D eigenvalue weighted by molar-refractivity contribution is 0.638. The van der Waals surface area contributed by atoms with Gasteiger partial charge in [-0.1, -0.05) is 12.8 Å². The third-order valence-electron chi connectivity index (χ3n) is 3.44. The van der Waals surface area contributed by atoms with Crippen LogP contribution in [0.25, 0.3) is 0 Å². The first-order valence-corrected chi connectivity index (χ1v) is 5.68. The second kappa shape index (κ2) is 4.08. The van der Waals surface area contributed by atoms with E-state index in [1.807, 2.05) is 0 Å². The van der Waals surface area contributed by atoms with E-state index in [1.165, 1.54) is 36.8 Å². The highest BCUT2D eigenvalue weighted by Gasteiger charge is 2.23. The summed E-state index contributed by atoms with van der Waals surface area (Å²) in [6, 6.07) is 0. The Morgan fingerprint density at radius 1 is 1.36 bits per heavy atom. The predicted molar refractivity (Wildman–Crippen MR) is 61.9 cm³/mol. The number of rotatable bonds is 1. The number of hydrogen-bond acceptors (Lipinski definition) is 0. The molecule has 0 aromatic heterocycles. The normalized spacial score (nSPS) is 26.0. The highest BCUT2D eigenvalue weighted by Crippen LogP contribution is 2.34. The van der Waals surface area contributed by atoms with Crippen LogP contribution >= 0.6 is 0 Å². The summed E-state index contributed by atoms with van der Waals surface area (Å²) in [5.41, 5.74) is 4.43. The fraction of sp³-hybridized carbons (Fsp3) is 0.500. The largest absolute Gasteiger partial charge is 0.0950 e. The molecular formula is C14H19+. The zero-order valence-electron chi connectivity index (χ0n) is 9.22. The van der Waals surface area contributed by atoms with E-state index in [2.05, 4.69) is 38.5 Å². The number of hydrogen-bond donors (Lipinski definition) is 0. The fourth-order valence-electron chi connectivity index (χ4n) is 2.48. The average molecular weight is 187 g/mol. The third kappa shape index (κ3) is 1.95. The van der Waals surface area contributed by atoms with Crippen molar-refractivity contribution in [3.63, 3.8) is 0 Å². The molecule has 0 N–H and O–H groups in total. The van der Waals surface area contributed by atoms with Crippen LogP contribution < -0.4 is 0 Å². The standard InChI is InChI=1S/C14H19/c1-11-6-5-9-14(10-11)12(2)13-7-3-4-8-13/h5-6,9-10,13H,3-4,7-8H2,1-2H3/q+1/b14-12-. The maximum absolute atomic E-state index is 2.31. The van der Waals surface area contributed by atoms with E-state index in [0.717, 1.165) is 5.92 Å². The van der Waals surface area contributed by atoms with Crippen molar-refractivity contribution in [1.82, 2.24) is 0 Å². The van der Waals surface area contributed by atoms with Crippen molar-refractivity contribution >= 4 is 0 Å². The van der Waals surface area contributed by atoms with Crippen LogP contribution in [0.1, 0.15) is 39.5 Å². The molecule has 0 aromatic rings. The monoisotopic (exact) mass is 187 g/mol. The van der Waals surface area contributed by atoms with Crippen molar-refractivity contribution in [3.05, 3.63) is 41.4 Å². The molecule has 0 amide bonds. The molecule has 1 saturated carbocycles. The minimum atomic E-state index is 0.858. The summed E-state index contributed by atoms with van der Waals surface area (Å²) in [6.07, 6.45) is 14.6. The fourth-order valence-corrected chi connectivity index (χ4v) is 2.48. The molecule has 0 atom stereocenters. The molecule has 74 valence electrons. The van der Waals surface area contributed by atoms with Gasteiger partial charge in [0.15, 0.2) is 0 Å². The first-order chi connectivity index (χ1) is 6.77. The molecule has 0 unspecified atom stereocenters. The lowest BCUT2D eigenvalue weighted by atomic mass is 9.90. The molecule has 0 aromatic carbocycles. The van der Waals surface area contributed by atoms with E-state index in [-0.39, 0.29) is 0 Å². The molecule has 2 aliphatic carbocycles. The molecule has 0 nitrogen and oxygen atoms in total. The summed E-state index contributed by atoms with van der Waals surface area (Å²) < 4.78 is 0. The van der Waals surface area contributed by atoms with Crippen LogP contribution in [0, 0.1) is 12.3 Å². The Labute approximate surface area is 87.4 Å². The van der Waals surface area contributed by atoms with Crippen LogP contribution in [0.15, 0.2) is 34.9 Å². The lowest BCUT2D eigenvalue weighted by Crippen LogP contribution is -2.00. The molecule has 2 rings (SSSR count). The van der Waals surface area contributed by atoms with Crippen LogP contribution in [-0.4, -0.2) is 0 Å². The maximum Gasteiger partial charge on any atom is 0.0950 e. The Hall–Kier alpha value is -0.910. The van der Waals surface area contributed by atoms with Gasteiger partial charge in [-0.05, 0) is 26.7 Å². The summed E-state index contributed by atoms with van der Waals surface area (Å²) in [7, 11) is 0. The Bertz CT molecular complexity index is 296. The Kier molecular flexibility index (Phi) is 2.81. The van der Waals surface area contributed by atoms with Gasteiger partial charge in [0.2, 0.25) is 0 Å². The van der Waals surface area contributed by atoms with Crippen molar-refractivity contribution in [2.45, 2.75) is 39.5 Å². The molecule has 0 saturated heterocycles. The van der Waals surface area contributed by atoms with E-state index in [9.17, 15) is 0 Å². The molecule has 0 bridgehead atoms. The molecule has 0 aliphatic heterocycles. The van der Waals surface area contributed by atoms with Gasteiger partial charge in [0.1, 0.15) is 0 Å². The van der Waals surface area contributed by atoms with Crippen molar-refractivity contribution in [3.8, 4) is 0 Å². The first-order valence-electron chi connectivity index (χ1n) is 5.68. The topological polar surface area (TPSA) is 0 Å². The van der Waals surface area contributed by atoms with Crippen LogP contribution in [0.5, 0.6) is 0 Å². The number of allylic oxidation sites excluding steroid dienone is 6. The maximum atomic E-state index is 2.31. The van der Waals surface area contributed by atoms with Crippen LogP contribution in [0.3, 0.4) is 0 Å². The molecule has 0 radical (unpaired) electrons. The van der Waals surface area contributed by atoms with E-state index < -0.39 is 0 Å². The highest BCUT2D eigenvalue weighted by atomic mass is 14.2. The van der Waals surface area contributed by atoms with E-state index in [1.54, 1.807) is 5.57 Å². The van der Waals surface area contributed by atoms with Gasteiger partial charge in [-0.2, -0.15) is 0 Å². The minimum absolute atomic E-state index is 0.858. The Morgan fingerprint density at radius 3 is 2.71 bits per heavy atom. The summed E-state index contributed by atoms with van der Waals surface area (Å²) in [6.45, 7) is 4.48. The highest BCUT2D eigenvalue weighted by molar-refractivity contribution is 5.45. The van der Waals surface area contributed by atoms with Gasteiger partial charge in [0.05, 0.1) is 5.57 Å². The van der Waals surface area contributed by atoms with E-state index in [4.69, 9.17) is 0 Å². The van der Waals surface area contributed by atoms with E-state index in [0.29, 0.717) is 0 Å². The Balaban J connectivity index is 2.18. The SMILES string of the molecule is CC1=C/C(=C(/C)C2CCCC2)[CH+]C=C1. The molecule has 0 spiro atoms. The Morgan fingerprint density at radius 2 is 2.07 bits per heavy atom. The molecule has 2 aliphatic rings. The van der Waals surface area contributed by atoms with Gasteiger partial charge in [-0.3, -0.25) is 0 Å².